The van der Waals surface area contributed by atoms with Crippen molar-refractivity contribution < 1.29 is 9.53 Å². The van der Waals surface area contributed by atoms with E-state index in [0.29, 0.717) is 17.5 Å². The van der Waals surface area contributed by atoms with E-state index in [1.165, 1.54) is 17.3 Å². The highest BCUT2D eigenvalue weighted by atomic mass is 32.2. The van der Waals surface area contributed by atoms with Gasteiger partial charge in [-0.05, 0) is 42.2 Å². The molecule has 0 saturated carbocycles. The lowest BCUT2D eigenvalue weighted by Gasteiger charge is -2.10. The molecular formula is C21H24N4O2S. The van der Waals surface area contributed by atoms with Crippen molar-refractivity contribution in [1.82, 2.24) is 20.1 Å². The third kappa shape index (κ3) is 5.13. The van der Waals surface area contributed by atoms with Crippen molar-refractivity contribution in [2.75, 3.05) is 19.4 Å². The van der Waals surface area contributed by atoms with Crippen molar-refractivity contribution in [3.8, 4) is 11.4 Å². The van der Waals surface area contributed by atoms with Gasteiger partial charge in [-0.15, -0.1) is 10.2 Å². The number of nitrogens with one attached hydrogen (secondary N) is 1. The molecule has 28 heavy (non-hydrogen) atoms. The first-order valence-corrected chi connectivity index (χ1v) is 10.2. The molecule has 0 atom stereocenters. The van der Waals surface area contributed by atoms with E-state index in [0.717, 1.165) is 29.8 Å². The molecule has 1 aromatic heterocycles. The van der Waals surface area contributed by atoms with Crippen LogP contribution in [0.15, 0.2) is 60.0 Å². The molecule has 0 aliphatic rings. The third-order valence-corrected chi connectivity index (χ3v) is 5.32. The van der Waals surface area contributed by atoms with Crippen LogP contribution >= 0.6 is 11.8 Å². The molecule has 0 bridgehead atoms. The highest BCUT2D eigenvalue weighted by Gasteiger charge is 2.12. The van der Waals surface area contributed by atoms with E-state index in [9.17, 15) is 4.79 Å². The Hall–Kier alpha value is -2.80. The summed E-state index contributed by atoms with van der Waals surface area (Å²) in [6.45, 7) is 2.71. The Morgan fingerprint density at radius 2 is 1.96 bits per heavy atom. The number of ether oxygens (including phenoxy) is 1. The quantitative estimate of drug-likeness (QED) is 0.562. The maximum absolute atomic E-state index is 12.2. The number of hydrogen-bond donors (Lipinski definition) is 1. The Kier molecular flexibility index (Phi) is 7.08. The molecule has 0 fully saturated rings. The number of para-hydroxylation sites is 1. The van der Waals surface area contributed by atoms with E-state index in [1.54, 1.807) is 13.4 Å². The highest BCUT2D eigenvalue weighted by Crippen LogP contribution is 2.22. The summed E-state index contributed by atoms with van der Waals surface area (Å²) in [6.07, 6.45) is 3.39. The number of methoxy groups -OCH3 is 1. The Bertz CT molecular complexity index is 909. The maximum atomic E-state index is 12.2. The summed E-state index contributed by atoms with van der Waals surface area (Å²) >= 11 is 1.39. The van der Waals surface area contributed by atoms with Crippen molar-refractivity contribution in [3.63, 3.8) is 0 Å². The monoisotopic (exact) mass is 396 g/mol. The van der Waals surface area contributed by atoms with Gasteiger partial charge in [0.15, 0.2) is 5.16 Å². The Morgan fingerprint density at radius 3 is 2.71 bits per heavy atom. The molecule has 3 rings (SSSR count). The van der Waals surface area contributed by atoms with Gasteiger partial charge in [-0.25, -0.2) is 0 Å². The van der Waals surface area contributed by atoms with Gasteiger partial charge in [-0.3, -0.25) is 9.36 Å². The second kappa shape index (κ2) is 9.94. The van der Waals surface area contributed by atoms with Crippen LogP contribution in [0.3, 0.4) is 0 Å². The minimum Gasteiger partial charge on any atom is -0.497 e. The van der Waals surface area contributed by atoms with Crippen molar-refractivity contribution in [2.45, 2.75) is 24.9 Å². The van der Waals surface area contributed by atoms with Gasteiger partial charge in [0.1, 0.15) is 12.1 Å². The number of aromatic nitrogens is 3. The van der Waals surface area contributed by atoms with E-state index in [-0.39, 0.29) is 5.91 Å². The number of rotatable bonds is 9. The smallest absolute Gasteiger partial charge is 0.230 e. The molecule has 7 heteroatoms. The van der Waals surface area contributed by atoms with Gasteiger partial charge in [0.2, 0.25) is 5.91 Å². The zero-order chi connectivity index (χ0) is 19.8. The Balaban J connectivity index is 1.50. The van der Waals surface area contributed by atoms with Crippen LogP contribution < -0.4 is 10.1 Å². The molecular weight excluding hydrogens is 372 g/mol. The first kappa shape index (κ1) is 19.9. The normalized spacial score (nSPS) is 10.6. The number of aryl methyl sites for hydroxylation is 1. The largest absolute Gasteiger partial charge is 0.497 e. The molecule has 146 valence electrons. The Morgan fingerprint density at radius 1 is 1.18 bits per heavy atom. The van der Waals surface area contributed by atoms with Crippen LogP contribution in [0.4, 0.5) is 0 Å². The number of nitrogens with zero attached hydrogens (tertiary/aromatic N) is 3. The van der Waals surface area contributed by atoms with Crippen LogP contribution in [-0.2, 0) is 17.6 Å². The molecule has 0 aliphatic carbocycles. The lowest BCUT2D eigenvalue weighted by atomic mass is 10.1. The fraction of sp³-hybridized carbons (Fsp3) is 0.286. The summed E-state index contributed by atoms with van der Waals surface area (Å²) in [7, 11) is 1.65. The Labute approximate surface area is 169 Å². The number of thioether (sulfide) groups is 1. The number of benzene rings is 2. The summed E-state index contributed by atoms with van der Waals surface area (Å²) < 4.78 is 7.09. The molecule has 0 radical (unpaired) electrons. The topological polar surface area (TPSA) is 69.0 Å². The molecule has 6 nitrogen and oxygen atoms in total. The van der Waals surface area contributed by atoms with Crippen LogP contribution in [0, 0.1) is 0 Å². The molecule has 0 aliphatic heterocycles. The lowest BCUT2D eigenvalue weighted by Crippen LogP contribution is -2.27. The van der Waals surface area contributed by atoms with Gasteiger partial charge in [-0.2, -0.15) is 0 Å². The standard InChI is InChI=1S/C21H24N4O2S/c1-3-17-6-4-5-7-19(17)25-15-23-24-21(25)28-14-20(26)22-13-12-16-8-10-18(27-2)11-9-16/h4-11,15H,3,12-14H2,1-2H3,(H,22,26). The number of carbonyl (C=O) groups is 1. The number of amides is 1. The minimum absolute atomic E-state index is 0.0168. The summed E-state index contributed by atoms with van der Waals surface area (Å²) in [6, 6.07) is 16.0. The first-order chi connectivity index (χ1) is 13.7. The summed E-state index contributed by atoms with van der Waals surface area (Å²) in [4.78, 5) is 12.2. The van der Waals surface area contributed by atoms with Gasteiger partial charge in [0.25, 0.3) is 0 Å². The van der Waals surface area contributed by atoms with Gasteiger partial charge in [-0.1, -0.05) is 49.0 Å². The van der Waals surface area contributed by atoms with E-state index in [1.807, 2.05) is 47.0 Å². The van der Waals surface area contributed by atoms with Gasteiger partial charge in [0.05, 0.1) is 18.6 Å². The fourth-order valence-corrected chi connectivity index (χ4v) is 3.60. The molecule has 0 spiro atoms. The van der Waals surface area contributed by atoms with Crippen molar-refractivity contribution >= 4 is 17.7 Å². The second-order valence-corrected chi connectivity index (χ2v) is 7.14. The number of hydrogen-bond acceptors (Lipinski definition) is 5. The minimum atomic E-state index is -0.0168. The lowest BCUT2D eigenvalue weighted by molar-refractivity contribution is -0.118. The van der Waals surface area contributed by atoms with E-state index >= 15 is 0 Å². The molecule has 1 N–H and O–H groups in total. The summed E-state index contributed by atoms with van der Waals surface area (Å²) in [5, 5.41) is 11.9. The number of carbonyl (C=O) groups excluding carboxylic acids is 1. The van der Waals surface area contributed by atoms with Crippen LogP contribution in [0.25, 0.3) is 5.69 Å². The second-order valence-electron chi connectivity index (χ2n) is 6.20. The van der Waals surface area contributed by atoms with Crippen LogP contribution in [-0.4, -0.2) is 40.1 Å². The molecule has 3 aromatic rings. The van der Waals surface area contributed by atoms with E-state index in [4.69, 9.17) is 4.74 Å². The average Bonchev–Trinajstić information content (AvgIpc) is 3.21. The van der Waals surface area contributed by atoms with Crippen LogP contribution in [0.5, 0.6) is 5.75 Å². The summed E-state index contributed by atoms with van der Waals surface area (Å²) in [5.74, 6) is 1.12. The van der Waals surface area contributed by atoms with E-state index < -0.39 is 0 Å². The maximum Gasteiger partial charge on any atom is 0.230 e. The van der Waals surface area contributed by atoms with Crippen molar-refractivity contribution in [2.24, 2.45) is 0 Å². The molecule has 1 amide bonds. The molecule has 2 aromatic carbocycles. The predicted molar refractivity (Wildman–Crippen MR) is 111 cm³/mol. The summed E-state index contributed by atoms with van der Waals surface area (Å²) in [5.41, 5.74) is 3.43. The van der Waals surface area contributed by atoms with Gasteiger partial charge in [0, 0.05) is 6.54 Å². The average molecular weight is 397 g/mol. The molecule has 1 heterocycles. The van der Waals surface area contributed by atoms with Crippen molar-refractivity contribution in [3.05, 3.63) is 66.0 Å². The van der Waals surface area contributed by atoms with Crippen LogP contribution in [0.1, 0.15) is 18.1 Å². The third-order valence-electron chi connectivity index (χ3n) is 4.38. The van der Waals surface area contributed by atoms with Crippen LogP contribution in [0.2, 0.25) is 0 Å². The zero-order valence-electron chi connectivity index (χ0n) is 16.1. The van der Waals surface area contributed by atoms with Crippen molar-refractivity contribution in [1.29, 1.82) is 0 Å². The zero-order valence-corrected chi connectivity index (χ0v) is 16.9. The van der Waals surface area contributed by atoms with Gasteiger partial charge >= 0.3 is 0 Å². The van der Waals surface area contributed by atoms with Gasteiger partial charge < -0.3 is 10.1 Å². The first-order valence-electron chi connectivity index (χ1n) is 9.22. The molecule has 0 unspecified atom stereocenters. The van der Waals surface area contributed by atoms with E-state index in [2.05, 4.69) is 28.5 Å². The fourth-order valence-electron chi connectivity index (χ4n) is 2.85. The predicted octanol–water partition coefficient (Wildman–Crippen LogP) is 3.29. The highest BCUT2D eigenvalue weighted by molar-refractivity contribution is 7.99. The SMILES string of the molecule is CCc1ccccc1-n1cnnc1SCC(=O)NCCc1ccc(OC)cc1. The molecule has 0 saturated heterocycles.